The van der Waals surface area contributed by atoms with E-state index in [9.17, 15) is 9.90 Å². The molecule has 0 bridgehead atoms. The van der Waals surface area contributed by atoms with E-state index >= 15 is 0 Å². The SMILES string of the molecule is COC(=O)c1cccnc1N1CCC[C@@H](CO)C1. The normalized spacial score (nSPS) is 19.7. The van der Waals surface area contributed by atoms with Crippen molar-refractivity contribution in [1.29, 1.82) is 0 Å². The predicted octanol–water partition coefficient (Wildman–Crippen LogP) is 1.08. The molecule has 1 N–H and O–H groups in total. The van der Waals surface area contributed by atoms with Crippen LogP contribution in [0.1, 0.15) is 23.2 Å². The number of aliphatic hydroxyl groups is 1. The number of aromatic nitrogens is 1. The number of carbonyl (C=O) groups is 1. The number of aliphatic hydroxyl groups excluding tert-OH is 1. The molecule has 5 heteroatoms. The third-order valence-corrected chi connectivity index (χ3v) is 3.27. The average molecular weight is 250 g/mol. The number of nitrogens with zero attached hydrogens (tertiary/aromatic N) is 2. The molecule has 0 saturated carbocycles. The van der Waals surface area contributed by atoms with Crippen molar-refractivity contribution in [2.45, 2.75) is 12.8 Å². The number of hydrogen-bond acceptors (Lipinski definition) is 5. The first kappa shape index (κ1) is 12.8. The van der Waals surface area contributed by atoms with Gasteiger partial charge in [0.05, 0.1) is 7.11 Å². The van der Waals surface area contributed by atoms with Crippen LogP contribution in [0.2, 0.25) is 0 Å². The zero-order chi connectivity index (χ0) is 13.0. The fraction of sp³-hybridized carbons (Fsp3) is 0.538. The molecule has 0 spiro atoms. The van der Waals surface area contributed by atoms with Gasteiger partial charge in [0.2, 0.25) is 0 Å². The van der Waals surface area contributed by atoms with Crippen LogP contribution in [0.5, 0.6) is 0 Å². The van der Waals surface area contributed by atoms with E-state index < -0.39 is 0 Å². The van der Waals surface area contributed by atoms with E-state index in [4.69, 9.17) is 4.74 Å². The summed E-state index contributed by atoms with van der Waals surface area (Å²) >= 11 is 0. The minimum Gasteiger partial charge on any atom is -0.465 e. The minimum absolute atomic E-state index is 0.177. The van der Waals surface area contributed by atoms with Crippen molar-refractivity contribution in [2.75, 3.05) is 31.7 Å². The van der Waals surface area contributed by atoms with Gasteiger partial charge in [0.1, 0.15) is 11.4 Å². The van der Waals surface area contributed by atoms with Gasteiger partial charge in [0.25, 0.3) is 0 Å². The summed E-state index contributed by atoms with van der Waals surface area (Å²) in [5, 5.41) is 9.24. The van der Waals surface area contributed by atoms with Gasteiger partial charge in [-0.1, -0.05) is 0 Å². The Balaban J connectivity index is 2.24. The van der Waals surface area contributed by atoms with Crippen LogP contribution in [-0.4, -0.2) is 42.9 Å². The van der Waals surface area contributed by atoms with Crippen LogP contribution < -0.4 is 4.90 Å². The number of methoxy groups -OCH3 is 1. The van der Waals surface area contributed by atoms with Crippen LogP contribution >= 0.6 is 0 Å². The molecule has 2 rings (SSSR count). The Labute approximate surface area is 106 Å². The Morgan fingerprint density at radius 2 is 2.50 bits per heavy atom. The Hall–Kier alpha value is -1.62. The largest absolute Gasteiger partial charge is 0.465 e. The summed E-state index contributed by atoms with van der Waals surface area (Å²) in [4.78, 5) is 18.0. The number of esters is 1. The van der Waals surface area contributed by atoms with Gasteiger partial charge < -0.3 is 14.7 Å². The number of pyridine rings is 1. The van der Waals surface area contributed by atoms with E-state index in [1.54, 1.807) is 18.3 Å². The molecular weight excluding hydrogens is 232 g/mol. The molecule has 0 unspecified atom stereocenters. The zero-order valence-electron chi connectivity index (χ0n) is 10.5. The molecule has 1 saturated heterocycles. The van der Waals surface area contributed by atoms with Crippen molar-refractivity contribution >= 4 is 11.8 Å². The van der Waals surface area contributed by atoms with Crippen LogP contribution in [-0.2, 0) is 4.74 Å². The topological polar surface area (TPSA) is 62.7 Å². The Bertz CT molecular complexity index is 422. The van der Waals surface area contributed by atoms with Gasteiger partial charge in [-0.25, -0.2) is 9.78 Å². The zero-order valence-corrected chi connectivity index (χ0v) is 10.5. The van der Waals surface area contributed by atoms with Crippen molar-refractivity contribution in [3.8, 4) is 0 Å². The number of piperidine rings is 1. The van der Waals surface area contributed by atoms with Crippen molar-refractivity contribution in [2.24, 2.45) is 5.92 Å². The molecule has 2 heterocycles. The van der Waals surface area contributed by atoms with E-state index in [1.165, 1.54) is 7.11 Å². The van der Waals surface area contributed by atoms with Gasteiger partial charge in [-0.05, 0) is 30.9 Å². The molecule has 0 radical (unpaired) electrons. The molecular formula is C13H18N2O3. The number of rotatable bonds is 3. The van der Waals surface area contributed by atoms with E-state index in [2.05, 4.69) is 9.88 Å². The summed E-state index contributed by atoms with van der Waals surface area (Å²) < 4.78 is 4.77. The maximum atomic E-state index is 11.7. The molecule has 1 atom stereocenters. The lowest BCUT2D eigenvalue weighted by Crippen LogP contribution is -2.38. The van der Waals surface area contributed by atoms with E-state index in [0.717, 1.165) is 25.9 Å². The quantitative estimate of drug-likeness (QED) is 0.813. The minimum atomic E-state index is -0.371. The number of anilines is 1. The highest BCUT2D eigenvalue weighted by Crippen LogP contribution is 2.24. The fourth-order valence-electron chi connectivity index (χ4n) is 2.32. The lowest BCUT2D eigenvalue weighted by atomic mass is 9.98. The second-order valence-electron chi connectivity index (χ2n) is 4.50. The van der Waals surface area contributed by atoms with Gasteiger partial charge in [-0.15, -0.1) is 0 Å². The Morgan fingerprint density at radius 3 is 3.22 bits per heavy atom. The van der Waals surface area contributed by atoms with Crippen molar-refractivity contribution in [1.82, 2.24) is 4.98 Å². The van der Waals surface area contributed by atoms with Gasteiger partial charge in [-0.2, -0.15) is 0 Å². The molecule has 18 heavy (non-hydrogen) atoms. The summed E-state index contributed by atoms with van der Waals surface area (Å²) in [5.74, 6) is 0.540. The van der Waals surface area contributed by atoms with Crippen LogP contribution in [0.3, 0.4) is 0 Å². The van der Waals surface area contributed by atoms with Gasteiger partial charge in [0, 0.05) is 25.9 Å². The fourth-order valence-corrected chi connectivity index (χ4v) is 2.32. The lowest BCUT2D eigenvalue weighted by Gasteiger charge is -2.33. The van der Waals surface area contributed by atoms with Crippen molar-refractivity contribution in [3.63, 3.8) is 0 Å². The van der Waals surface area contributed by atoms with Gasteiger partial charge in [0.15, 0.2) is 0 Å². The molecule has 1 aromatic rings. The molecule has 1 aromatic heterocycles. The van der Waals surface area contributed by atoms with Crippen LogP contribution in [0.4, 0.5) is 5.82 Å². The standard InChI is InChI=1S/C13H18N2O3/c1-18-13(17)11-5-2-6-14-12(11)15-7-3-4-10(8-15)9-16/h2,5-6,10,16H,3-4,7-9H2,1H3/t10-/m1/s1. The third kappa shape index (κ3) is 2.61. The lowest BCUT2D eigenvalue weighted by molar-refractivity contribution is 0.0601. The predicted molar refractivity (Wildman–Crippen MR) is 67.6 cm³/mol. The Kier molecular flexibility index (Phi) is 4.15. The number of ether oxygens (including phenoxy) is 1. The number of carbonyl (C=O) groups excluding carboxylic acids is 1. The first-order chi connectivity index (χ1) is 8.76. The highest BCUT2D eigenvalue weighted by atomic mass is 16.5. The van der Waals surface area contributed by atoms with Crippen LogP contribution in [0, 0.1) is 5.92 Å². The van der Waals surface area contributed by atoms with E-state index in [1.807, 2.05) is 0 Å². The molecule has 1 aliphatic rings. The highest BCUT2D eigenvalue weighted by molar-refractivity contribution is 5.94. The molecule has 0 aliphatic carbocycles. The second-order valence-corrected chi connectivity index (χ2v) is 4.50. The van der Waals surface area contributed by atoms with Crippen molar-refractivity contribution < 1.29 is 14.6 Å². The van der Waals surface area contributed by atoms with Crippen LogP contribution in [0.25, 0.3) is 0 Å². The van der Waals surface area contributed by atoms with Gasteiger partial charge >= 0.3 is 5.97 Å². The summed E-state index contributed by atoms with van der Waals surface area (Å²) in [6.07, 6.45) is 3.69. The second kappa shape index (κ2) is 5.82. The van der Waals surface area contributed by atoms with Crippen molar-refractivity contribution in [3.05, 3.63) is 23.9 Å². The summed E-state index contributed by atoms with van der Waals surface area (Å²) in [6.45, 7) is 1.77. The monoisotopic (exact) mass is 250 g/mol. The molecule has 1 aliphatic heterocycles. The molecule has 0 aromatic carbocycles. The molecule has 1 fully saturated rings. The smallest absolute Gasteiger partial charge is 0.341 e. The van der Waals surface area contributed by atoms with E-state index in [0.29, 0.717) is 11.4 Å². The van der Waals surface area contributed by atoms with Crippen LogP contribution in [0.15, 0.2) is 18.3 Å². The average Bonchev–Trinajstić information content (AvgIpc) is 2.46. The maximum absolute atomic E-state index is 11.7. The Morgan fingerprint density at radius 1 is 1.67 bits per heavy atom. The summed E-state index contributed by atoms with van der Waals surface area (Å²) in [6, 6.07) is 3.44. The molecule has 0 amide bonds. The first-order valence-electron chi connectivity index (χ1n) is 6.15. The third-order valence-electron chi connectivity index (χ3n) is 3.27. The summed E-state index contributed by atoms with van der Waals surface area (Å²) in [5.41, 5.74) is 0.485. The highest BCUT2D eigenvalue weighted by Gasteiger charge is 2.24. The van der Waals surface area contributed by atoms with Gasteiger partial charge in [-0.3, -0.25) is 0 Å². The number of hydrogen-bond donors (Lipinski definition) is 1. The first-order valence-corrected chi connectivity index (χ1v) is 6.15. The maximum Gasteiger partial charge on any atom is 0.341 e. The summed E-state index contributed by atoms with van der Waals surface area (Å²) in [7, 11) is 1.37. The molecule has 98 valence electrons. The molecule has 5 nitrogen and oxygen atoms in total. The van der Waals surface area contributed by atoms with E-state index in [-0.39, 0.29) is 18.5 Å².